The minimum absolute atomic E-state index is 0.124. The largest absolute Gasteiger partial charge is 0.475 e. The number of carboxylic acid groups (broad SMARTS) is 1. The van der Waals surface area contributed by atoms with E-state index < -0.39 is 11.6 Å². The molecule has 0 aliphatic carbocycles. The summed E-state index contributed by atoms with van der Waals surface area (Å²) in [6.45, 7) is 7.12. The predicted octanol–water partition coefficient (Wildman–Crippen LogP) is 2.50. The molecule has 0 radical (unpaired) electrons. The first-order chi connectivity index (χ1) is 8.19. The number of rotatable bonds is 4. The number of furan rings is 1. The Balaban J connectivity index is 2.61. The lowest BCUT2D eigenvalue weighted by Crippen LogP contribution is -2.28. The summed E-state index contributed by atoms with van der Waals surface area (Å²) in [6, 6.07) is 2.93. The van der Waals surface area contributed by atoms with Crippen LogP contribution in [-0.4, -0.2) is 22.6 Å². The molecule has 18 heavy (non-hydrogen) atoms. The molecule has 1 rings (SSSR count). The molecule has 0 amide bonds. The van der Waals surface area contributed by atoms with Crippen molar-refractivity contribution in [2.75, 3.05) is 0 Å². The quantitative estimate of drug-likeness (QED) is 0.835. The Morgan fingerprint density at radius 3 is 2.44 bits per heavy atom. The molecule has 1 atom stereocenters. The van der Waals surface area contributed by atoms with Crippen LogP contribution in [0.5, 0.6) is 0 Å². The molecule has 1 aromatic heterocycles. The third-order valence-corrected chi connectivity index (χ3v) is 2.19. The first kappa shape index (κ1) is 14.3. The molecule has 100 valence electrons. The molecule has 1 N–H and O–H groups in total. The molecule has 5 heteroatoms. The summed E-state index contributed by atoms with van der Waals surface area (Å²) in [5.74, 6) is -1.48. The van der Waals surface area contributed by atoms with Gasteiger partial charge in [0.25, 0.3) is 0 Å². The number of carbonyl (C=O) groups is 2. The molecule has 0 aromatic carbocycles. The number of carbonyl (C=O) groups excluding carboxylic acids is 1. The maximum absolute atomic E-state index is 11.7. The smallest absolute Gasteiger partial charge is 0.371 e. The van der Waals surface area contributed by atoms with Crippen molar-refractivity contribution in [1.82, 2.24) is 0 Å². The minimum Gasteiger partial charge on any atom is -0.475 e. The highest BCUT2D eigenvalue weighted by Gasteiger charge is 2.23. The summed E-state index contributed by atoms with van der Waals surface area (Å²) in [4.78, 5) is 22.4. The first-order valence-electron chi connectivity index (χ1n) is 5.74. The SMILES string of the molecule is CC(Cc1ccc(C(=O)O)o1)C(=O)OC(C)(C)C. The van der Waals surface area contributed by atoms with Gasteiger partial charge in [-0.25, -0.2) is 4.79 Å². The van der Waals surface area contributed by atoms with E-state index in [0.29, 0.717) is 12.2 Å². The number of ether oxygens (including phenoxy) is 1. The normalized spacial score (nSPS) is 13.1. The Bertz CT molecular complexity index is 438. The van der Waals surface area contributed by atoms with Crippen LogP contribution in [0, 0.1) is 5.92 Å². The second-order valence-electron chi connectivity index (χ2n) is 5.21. The second-order valence-corrected chi connectivity index (χ2v) is 5.21. The van der Waals surface area contributed by atoms with Crippen LogP contribution in [0.2, 0.25) is 0 Å². The molecule has 0 spiro atoms. The third kappa shape index (κ3) is 4.24. The van der Waals surface area contributed by atoms with E-state index in [1.165, 1.54) is 6.07 Å². The Hall–Kier alpha value is -1.78. The maximum Gasteiger partial charge on any atom is 0.371 e. The maximum atomic E-state index is 11.7. The van der Waals surface area contributed by atoms with Gasteiger partial charge in [-0.1, -0.05) is 6.92 Å². The van der Waals surface area contributed by atoms with Crippen molar-refractivity contribution in [3.8, 4) is 0 Å². The lowest BCUT2D eigenvalue weighted by Gasteiger charge is -2.21. The second kappa shape index (κ2) is 5.25. The highest BCUT2D eigenvalue weighted by Crippen LogP contribution is 2.17. The summed E-state index contributed by atoms with van der Waals surface area (Å²) in [5.41, 5.74) is -0.527. The fraction of sp³-hybridized carbons (Fsp3) is 0.538. The van der Waals surface area contributed by atoms with Gasteiger partial charge in [0.2, 0.25) is 5.76 Å². The fourth-order valence-electron chi connectivity index (χ4n) is 1.39. The molecular formula is C13H18O5. The van der Waals surface area contributed by atoms with Gasteiger partial charge in [-0.05, 0) is 32.9 Å². The fourth-order valence-corrected chi connectivity index (χ4v) is 1.39. The summed E-state index contributed by atoms with van der Waals surface area (Å²) in [6.07, 6.45) is 0.322. The van der Waals surface area contributed by atoms with Gasteiger partial charge in [0.05, 0.1) is 5.92 Å². The van der Waals surface area contributed by atoms with Gasteiger partial charge >= 0.3 is 11.9 Å². The molecule has 0 saturated carbocycles. The molecule has 0 saturated heterocycles. The third-order valence-electron chi connectivity index (χ3n) is 2.19. The molecular weight excluding hydrogens is 236 g/mol. The van der Waals surface area contributed by atoms with Crippen LogP contribution >= 0.6 is 0 Å². The van der Waals surface area contributed by atoms with Crippen molar-refractivity contribution in [2.24, 2.45) is 5.92 Å². The first-order valence-corrected chi connectivity index (χ1v) is 5.74. The van der Waals surface area contributed by atoms with Crippen LogP contribution in [0.15, 0.2) is 16.5 Å². The lowest BCUT2D eigenvalue weighted by atomic mass is 10.1. The number of esters is 1. The zero-order valence-electron chi connectivity index (χ0n) is 11.0. The Kier molecular flexibility index (Phi) is 4.16. The highest BCUT2D eigenvalue weighted by atomic mass is 16.6. The van der Waals surface area contributed by atoms with Crippen LogP contribution < -0.4 is 0 Å². The molecule has 0 bridgehead atoms. The molecule has 0 fully saturated rings. The van der Waals surface area contributed by atoms with Crippen molar-refractivity contribution >= 4 is 11.9 Å². The highest BCUT2D eigenvalue weighted by molar-refractivity contribution is 5.84. The van der Waals surface area contributed by atoms with Gasteiger partial charge in [0.15, 0.2) is 0 Å². The van der Waals surface area contributed by atoms with Crippen molar-refractivity contribution in [3.63, 3.8) is 0 Å². The monoisotopic (exact) mass is 254 g/mol. The van der Waals surface area contributed by atoms with Crippen molar-refractivity contribution < 1.29 is 23.8 Å². The predicted molar refractivity (Wildman–Crippen MR) is 64.4 cm³/mol. The number of carboxylic acids is 1. The standard InChI is InChI=1S/C13H18O5/c1-8(12(16)18-13(2,3)4)7-9-5-6-10(17-9)11(14)15/h5-6,8H,7H2,1-4H3,(H,14,15). The van der Waals surface area contributed by atoms with Crippen molar-refractivity contribution in [3.05, 3.63) is 23.7 Å². The Morgan fingerprint density at radius 2 is 2.00 bits per heavy atom. The lowest BCUT2D eigenvalue weighted by molar-refractivity contribution is -0.159. The van der Waals surface area contributed by atoms with Crippen LogP contribution in [0.4, 0.5) is 0 Å². The van der Waals surface area contributed by atoms with Crippen molar-refractivity contribution in [1.29, 1.82) is 0 Å². The zero-order valence-corrected chi connectivity index (χ0v) is 11.0. The molecule has 1 aromatic rings. The zero-order chi connectivity index (χ0) is 13.9. The van der Waals surface area contributed by atoms with E-state index >= 15 is 0 Å². The van der Waals surface area contributed by atoms with Gasteiger partial charge in [-0.3, -0.25) is 4.79 Å². The number of hydrogen-bond donors (Lipinski definition) is 1. The summed E-state index contributed by atoms with van der Waals surface area (Å²) in [5, 5.41) is 8.71. The summed E-state index contributed by atoms with van der Waals surface area (Å²) in [7, 11) is 0. The van der Waals surface area contributed by atoms with Crippen LogP contribution in [0.25, 0.3) is 0 Å². The number of hydrogen-bond acceptors (Lipinski definition) is 4. The Morgan fingerprint density at radius 1 is 1.39 bits per heavy atom. The molecule has 1 heterocycles. The minimum atomic E-state index is -1.12. The van der Waals surface area contributed by atoms with Gasteiger partial charge in [0.1, 0.15) is 11.4 Å². The molecule has 5 nitrogen and oxygen atoms in total. The topological polar surface area (TPSA) is 76.7 Å². The van der Waals surface area contributed by atoms with Gasteiger partial charge in [0, 0.05) is 6.42 Å². The average Bonchev–Trinajstić information content (AvgIpc) is 2.63. The Labute approximate surface area is 106 Å². The van der Waals surface area contributed by atoms with Crippen LogP contribution in [-0.2, 0) is 16.0 Å². The number of aromatic carboxylic acids is 1. The van der Waals surface area contributed by atoms with E-state index in [0.717, 1.165) is 0 Å². The van der Waals surface area contributed by atoms with Crippen molar-refractivity contribution in [2.45, 2.75) is 39.7 Å². The summed E-state index contributed by atoms with van der Waals surface area (Å²) >= 11 is 0. The van der Waals surface area contributed by atoms with Crippen LogP contribution in [0.3, 0.4) is 0 Å². The van der Waals surface area contributed by atoms with Gasteiger partial charge in [-0.2, -0.15) is 0 Å². The average molecular weight is 254 g/mol. The van der Waals surface area contributed by atoms with Gasteiger partial charge in [-0.15, -0.1) is 0 Å². The molecule has 0 aliphatic rings. The van der Waals surface area contributed by atoms with E-state index in [1.54, 1.807) is 33.8 Å². The van der Waals surface area contributed by atoms with Gasteiger partial charge < -0.3 is 14.3 Å². The van der Waals surface area contributed by atoms with E-state index in [4.69, 9.17) is 14.3 Å². The summed E-state index contributed by atoms with van der Waals surface area (Å²) < 4.78 is 10.3. The van der Waals surface area contributed by atoms with E-state index in [1.807, 2.05) is 0 Å². The van der Waals surface area contributed by atoms with E-state index in [2.05, 4.69) is 0 Å². The molecule has 0 aliphatic heterocycles. The van der Waals surface area contributed by atoms with Crippen LogP contribution in [0.1, 0.15) is 44.0 Å². The van der Waals surface area contributed by atoms with E-state index in [-0.39, 0.29) is 17.6 Å². The molecule has 1 unspecified atom stereocenters. The van der Waals surface area contributed by atoms with E-state index in [9.17, 15) is 9.59 Å².